The van der Waals surface area contributed by atoms with Crippen molar-refractivity contribution in [3.8, 4) is 5.75 Å². The Balaban J connectivity index is 2.06. The number of hydrogen-bond acceptors (Lipinski definition) is 3. The standard InChI is InChI=1S/C16H22ClNO2/c1-2-10-20-16-6-5-14(17)11-13(16)12-18-8-3-4-15(19)7-9-18/h2,5-6,11,15,19H,1,3-4,7-10,12H2. The highest BCUT2D eigenvalue weighted by Gasteiger charge is 2.16. The second-order valence-electron chi connectivity index (χ2n) is 5.21. The molecule has 1 unspecified atom stereocenters. The molecule has 0 amide bonds. The maximum Gasteiger partial charge on any atom is 0.124 e. The van der Waals surface area contributed by atoms with Gasteiger partial charge in [0.15, 0.2) is 0 Å². The molecule has 110 valence electrons. The van der Waals surface area contributed by atoms with Crippen molar-refractivity contribution < 1.29 is 9.84 Å². The minimum atomic E-state index is -0.157. The predicted octanol–water partition coefficient (Wildman–Crippen LogP) is 3.25. The van der Waals surface area contributed by atoms with Crippen LogP contribution in [-0.2, 0) is 6.54 Å². The maximum absolute atomic E-state index is 9.70. The van der Waals surface area contributed by atoms with Crippen molar-refractivity contribution in [1.29, 1.82) is 0 Å². The van der Waals surface area contributed by atoms with Crippen molar-refractivity contribution in [3.63, 3.8) is 0 Å². The van der Waals surface area contributed by atoms with Gasteiger partial charge in [-0.1, -0.05) is 24.3 Å². The summed E-state index contributed by atoms with van der Waals surface area (Å²) in [4.78, 5) is 2.35. The number of benzene rings is 1. The number of aliphatic hydroxyl groups excluding tert-OH is 1. The first-order valence-electron chi connectivity index (χ1n) is 7.11. The van der Waals surface area contributed by atoms with E-state index in [1.165, 1.54) is 0 Å². The van der Waals surface area contributed by atoms with Crippen molar-refractivity contribution in [2.24, 2.45) is 0 Å². The third-order valence-corrected chi connectivity index (χ3v) is 3.80. The summed E-state index contributed by atoms with van der Waals surface area (Å²) in [6.45, 7) is 6.88. The van der Waals surface area contributed by atoms with E-state index in [2.05, 4.69) is 11.5 Å². The van der Waals surface area contributed by atoms with Gasteiger partial charge >= 0.3 is 0 Å². The van der Waals surface area contributed by atoms with Gasteiger partial charge in [0.1, 0.15) is 12.4 Å². The molecule has 1 atom stereocenters. The maximum atomic E-state index is 9.70. The molecule has 0 saturated carbocycles. The summed E-state index contributed by atoms with van der Waals surface area (Å²) in [6.07, 6.45) is 4.34. The van der Waals surface area contributed by atoms with E-state index in [-0.39, 0.29) is 6.10 Å². The lowest BCUT2D eigenvalue weighted by Gasteiger charge is -2.21. The molecule has 1 aromatic rings. The lowest BCUT2D eigenvalue weighted by Crippen LogP contribution is -2.25. The summed E-state index contributed by atoms with van der Waals surface area (Å²) in [5.41, 5.74) is 1.09. The van der Waals surface area contributed by atoms with Gasteiger partial charge in [-0.05, 0) is 44.0 Å². The van der Waals surface area contributed by atoms with Gasteiger partial charge in [-0.2, -0.15) is 0 Å². The Morgan fingerprint density at radius 2 is 2.25 bits per heavy atom. The fourth-order valence-electron chi connectivity index (χ4n) is 2.50. The van der Waals surface area contributed by atoms with Gasteiger partial charge in [0.2, 0.25) is 0 Å². The topological polar surface area (TPSA) is 32.7 Å². The number of rotatable bonds is 5. The zero-order valence-electron chi connectivity index (χ0n) is 11.7. The van der Waals surface area contributed by atoms with Crippen LogP contribution in [0.15, 0.2) is 30.9 Å². The number of nitrogens with zero attached hydrogens (tertiary/aromatic N) is 1. The van der Waals surface area contributed by atoms with E-state index in [0.717, 1.165) is 55.2 Å². The average molecular weight is 296 g/mol. The van der Waals surface area contributed by atoms with Crippen molar-refractivity contribution in [1.82, 2.24) is 4.90 Å². The quantitative estimate of drug-likeness (QED) is 0.847. The van der Waals surface area contributed by atoms with E-state index >= 15 is 0 Å². The third kappa shape index (κ3) is 4.51. The zero-order chi connectivity index (χ0) is 14.4. The largest absolute Gasteiger partial charge is 0.489 e. The summed E-state index contributed by atoms with van der Waals surface area (Å²) < 4.78 is 5.68. The van der Waals surface area contributed by atoms with Crippen molar-refractivity contribution in [3.05, 3.63) is 41.4 Å². The van der Waals surface area contributed by atoms with E-state index < -0.39 is 0 Å². The van der Waals surface area contributed by atoms with Gasteiger partial charge in [-0.3, -0.25) is 4.90 Å². The molecule has 1 aliphatic rings. The molecule has 1 aliphatic heterocycles. The molecule has 2 rings (SSSR count). The minimum Gasteiger partial charge on any atom is -0.489 e. The first-order valence-corrected chi connectivity index (χ1v) is 7.49. The summed E-state index contributed by atoms with van der Waals surface area (Å²) >= 11 is 6.09. The van der Waals surface area contributed by atoms with Gasteiger partial charge < -0.3 is 9.84 Å². The molecule has 1 heterocycles. The van der Waals surface area contributed by atoms with Crippen LogP contribution in [0.2, 0.25) is 5.02 Å². The van der Waals surface area contributed by atoms with Gasteiger partial charge in [0.05, 0.1) is 6.10 Å². The molecule has 1 saturated heterocycles. The molecule has 0 aromatic heterocycles. The molecule has 0 spiro atoms. The Bertz CT molecular complexity index is 450. The second kappa shape index (κ2) is 7.67. The molecule has 1 N–H and O–H groups in total. The van der Waals surface area contributed by atoms with Crippen LogP contribution in [0.1, 0.15) is 24.8 Å². The number of hydrogen-bond donors (Lipinski definition) is 1. The minimum absolute atomic E-state index is 0.157. The van der Waals surface area contributed by atoms with E-state index in [1.807, 2.05) is 18.2 Å². The first-order chi connectivity index (χ1) is 9.69. The summed E-state index contributed by atoms with van der Waals surface area (Å²) in [7, 11) is 0. The Hall–Kier alpha value is -1.03. The Morgan fingerprint density at radius 1 is 1.40 bits per heavy atom. The highest BCUT2D eigenvalue weighted by atomic mass is 35.5. The van der Waals surface area contributed by atoms with Gasteiger partial charge in [-0.15, -0.1) is 0 Å². The third-order valence-electron chi connectivity index (χ3n) is 3.56. The van der Waals surface area contributed by atoms with Crippen molar-refractivity contribution in [2.75, 3.05) is 19.7 Å². The SMILES string of the molecule is C=CCOc1ccc(Cl)cc1CN1CCCC(O)CC1. The molecule has 1 aromatic carbocycles. The Morgan fingerprint density at radius 3 is 3.05 bits per heavy atom. The summed E-state index contributed by atoms with van der Waals surface area (Å²) in [5.74, 6) is 0.860. The van der Waals surface area contributed by atoms with Crippen LogP contribution < -0.4 is 4.74 Å². The van der Waals surface area contributed by atoms with Gasteiger partial charge in [0.25, 0.3) is 0 Å². The highest BCUT2D eigenvalue weighted by molar-refractivity contribution is 6.30. The van der Waals surface area contributed by atoms with E-state index in [1.54, 1.807) is 6.08 Å². The molecule has 4 heteroatoms. The monoisotopic (exact) mass is 295 g/mol. The van der Waals surface area contributed by atoms with Crippen LogP contribution in [0, 0.1) is 0 Å². The predicted molar refractivity (Wildman–Crippen MR) is 82.3 cm³/mol. The van der Waals surface area contributed by atoms with Crippen LogP contribution in [0.25, 0.3) is 0 Å². The summed E-state index contributed by atoms with van der Waals surface area (Å²) in [6, 6.07) is 5.71. The van der Waals surface area contributed by atoms with Crippen molar-refractivity contribution in [2.45, 2.75) is 31.9 Å². The first kappa shape index (κ1) is 15.4. The molecule has 3 nitrogen and oxygen atoms in total. The molecular weight excluding hydrogens is 274 g/mol. The molecule has 20 heavy (non-hydrogen) atoms. The molecular formula is C16H22ClNO2. The van der Waals surface area contributed by atoms with Crippen molar-refractivity contribution >= 4 is 11.6 Å². The number of ether oxygens (including phenoxy) is 1. The van der Waals surface area contributed by atoms with Crippen LogP contribution in [0.5, 0.6) is 5.75 Å². The van der Waals surface area contributed by atoms with Crippen LogP contribution in [0.3, 0.4) is 0 Å². The van der Waals surface area contributed by atoms with Crippen LogP contribution in [0.4, 0.5) is 0 Å². The molecule has 1 fully saturated rings. The Labute approximate surface area is 125 Å². The molecule has 0 bridgehead atoms. The average Bonchev–Trinajstić information content (AvgIpc) is 2.63. The zero-order valence-corrected chi connectivity index (χ0v) is 12.5. The van der Waals surface area contributed by atoms with E-state index in [0.29, 0.717) is 6.61 Å². The lowest BCUT2D eigenvalue weighted by atomic mass is 10.2. The van der Waals surface area contributed by atoms with Gasteiger partial charge in [0, 0.05) is 23.7 Å². The fraction of sp³-hybridized carbons (Fsp3) is 0.500. The van der Waals surface area contributed by atoms with Crippen LogP contribution in [-0.4, -0.2) is 35.8 Å². The second-order valence-corrected chi connectivity index (χ2v) is 5.65. The van der Waals surface area contributed by atoms with Crippen LogP contribution >= 0.6 is 11.6 Å². The fourth-order valence-corrected chi connectivity index (χ4v) is 2.69. The Kier molecular flexibility index (Phi) is 5.89. The normalized spacial score (nSPS) is 20.4. The summed E-state index contributed by atoms with van der Waals surface area (Å²) in [5, 5.41) is 10.4. The number of likely N-dealkylation sites (tertiary alicyclic amines) is 1. The number of aliphatic hydroxyl groups is 1. The smallest absolute Gasteiger partial charge is 0.124 e. The number of halogens is 1. The highest BCUT2D eigenvalue weighted by Crippen LogP contribution is 2.25. The lowest BCUT2D eigenvalue weighted by molar-refractivity contribution is 0.154. The molecule has 0 aliphatic carbocycles. The van der Waals surface area contributed by atoms with E-state index in [4.69, 9.17) is 16.3 Å². The van der Waals surface area contributed by atoms with E-state index in [9.17, 15) is 5.11 Å². The molecule has 0 radical (unpaired) electrons. The van der Waals surface area contributed by atoms with Gasteiger partial charge in [-0.25, -0.2) is 0 Å².